The molecule has 5 rings (SSSR count). The van der Waals surface area contributed by atoms with E-state index in [1.165, 1.54) is 6.07 Å². The van der Waals surface area contributed by atoms with Crippen LogP contribution in [0.2, 0.25) is 0 Å². The van der Waals surface area contributed by atoms with Crippen molar-refractivity contribution in [3.63, 3.8) is 0 Å². The Morgan fingerprint density at radius 3 is 2.37 bits per heavy atom. The van der Waals surface area contributed by atoms with Gasteiger partial charge in [0, 0.05) is 12.1 Å². The van der Waals surface area contributed by atoms with E-state index in [4.69, 9.17) is 4.42 Å². The van der Waals surface area contributed by atoms with Crippen LogP contribution in [0.15, 0.2) is 88.1 Å². The van der Waals surface area contributed by atoms with Crippen LogP contribution in [0, 0.1) is 5.82 Å². The van der Waals surface area contributed by atoms with Crippen molar-refractivity contribution in [2.45, 2.75) is 12.5 Å². The lowest BCUT2D eigenvalue weighted by Crippen LogP contribution is -2.32. The summed E-state index contributed by atoms with van der Waals surface area (Å²) in [5, 5.41) is 0.385. The predicted molar refractivity (Wildman–Crippen MR) is 112 cm³/mol. The molecule has 148 valence electrons. The monoisotopic (exact) mass is 399 g/mol. The van der Waals surface area contributed by atoms with E-state index in [1.807, 2.05) is 30.3 Å². The molecule has 1 amide bonds. The molecule has 1 atom stereocenters. The molecule has 5 heteroatoms. The fourth-order valence-corrected chi connectivity index (χ4v) is 4.11. The average molecular weight is 399 g/mol. The Morgan fingerprint density at radius 1 is 0.867 bits per heavy atom. The Balaban J connectivity index is 1.67. The maximum absolute atomic E-state index is 14.8. The highest BCUT2D eigenvalue weighted by atomic mass is 19.1. The molecule has 0 spiro atoms. The molecule has 4 nitrogen and oxygen atoms in total. The van der Waals surface area contributed by atoms with Gasteiger partial charge in [0.05, 0.1) is 17.0 Å². The van der Waals surface area contributed by atoms with Crippen LogP contribution in [0.5, 0.6) is 0 Å². The highest BCUT2D eigenvalue weighted by Crippen LogP contribution is 2.39. The third-order valence-corrected chi connectivity index (χ3v) is 5.56. The average Bonchev–Trinajstić information content (AvgIpc) is 3.05. The van der Waals surface area contributed by atoms with Crippen molar-refractivity contribution < 1.29 is 13.6 Å². The fourth-order valence-electron chi connectivity index (χ4n) is 4.11. The number of carbonyl (C=O) groups is 1. The van der Waals surface area contributed by atoms with E-state index in [0.717, 1.165) is 5.56 Å². The van der Waals surface area contributed by atoms with Crippen molar-refractivity contribution in [2.24, 2.45) is 0 Å². The first-order valence-electron chi connectivity index (χ1n) is 9.80. The van der Waals surface area contributed by atoms with Gasteiger partial charge in [-0.3, -0.25) is 9.59 Å². The Bertz CT molecular complexity index is 1310. The highest BCUT2D eigenvalue weighted by molar-refractivity contribution is 5.99. The van der Waals surface area contributed by atoms with Gasteiger partial charge in [0.15, 0.2) is 5.43 Å². The topological polar surface area (TPSA) is 50.5 Å². The first kappa shape index (κ1) is 18.3. The number of hydrogen-bond acceptors (Lipinski definition) is 3. The first-order chi connectivity index (χ1) is 14.6. The van der Waals surface area contributed by atoms with Crippen molar-refractivity contribution in [3.8, 4) is 0 Å². The SMILES string of the molecule is O=C1c2oc3ccccc3c(=O)c2[C@H](c2ccccc2F)N1CCc1ccccc1. The lowest BCUT2D eigenvalue weighted by molar-refractivity contribution is 0.0728. The fraction of sp³-hybridized carbons (Fsp3) is 0.120. The number of rotatable bonds is 4. The summed E-state index contributed by atoms with van der Waals surface area (Å²) >= 11 is 0. The van der Waals surface area contributed by atoms with Gasteiger partial charge in [-0.1, -0.05) is 60.7 Å². The number of fused-ring (bicyclic) bond motifs is 2. The molecule has 1 aromatic heterocycles. The zero-order valence-electron chi connectivity index (χ0n) is 16.0. The Labute approximate surface area is 172 Å². The Hall–Kier alpha value is -3.73. The van der Waals surface area contributed by atoms with E-state index in [-0.39, 0.29) is 16.8 Å². The van der Waals surface area contributed by atoms with Gasteiger partial charge in [-0.05, 0) is 30.2 Å². The minimum atomic E-state index is -0.821. The van der Waals surface area contributed by atoms with Crippen molar-refractivity contribution in [3.05, 3.63) is 117 Å². The van der Waals surface area contributed by atoms with E-state index >= 15 is 0 Å². The number of hydrogen-bond donors (Lipinski definition) is 0. The van der Waals surface area contributed by atoms with E-state index in [2.05, 4.69) is 0 Å². The normalized spacial score (nSPS) is 15.6. The van der Waals surface area contributed by atoms with Gasteiger partial charge in [-0.15, -0.1) is 0 Å². The minimum Gasteiger partial charge on any atom is -0.450 e. The second-order valence-electron chi connectivity index (χ2n) is 7.33. The van der Waals surface area contributed by atoms with Gasteiger partial charge in [0.2, 0.25) is 5.76 Å². The van der Waals surface area contributed by atoms with Crippen LogP contribution in [0.4, 0.5) is 4.39 Å². The molecule has 4 aromatic rings. The van der Waals surface area contributed by atoms with Gasteiger partial charge < -0.3 is 9.32 Å². The van der Waals surface area contributed by atoms with Gasteiger partial charge in [-0.25, -0.2) is 4.39 Å². The lowest BCUT2D eigenvalue weighted by atomic mass is 9.98. The van der Waals surface area contributed by atoms with Crippen molar-refractivity contribution in [1.82, 2.24) is 4.90 Å². The third kappa shape index (κ3) is 2.90. The summed E-state index contributed by atoms with van der Waals surface area (Å²) in [6.07, 6.45) is 0.583. The molecule has 0 saturated heterocycles. The molecule has 30 heavy (non-hydrogen) atoms. The summed E-state index contributed by atoms with van der Waals surface area (Å²) in [4.78, 5) is 28.1. The minimum absolute atomic E-state index is 0.0000136. The van der Waals surface area contributed by atoms with E-state index in [0.29, 0.717) is 29.5 Å². The largest absolute Gasteiger partial charge is 0.450 e. The molecule has 0 fully saturated rings. The molecule has 0 saturated carbocycles. The highest BCUT2D eigenvalue weighted by Gasteiger charge is 2.43. The van der Waals surface area contributed by atoms with Gasteiger partial charge in [0.1, 0.15) is 11.4 Å². The van der Waals surface area contributed by atoms with Crippen molar-refractivity contribution in [2.75, 3.05) is 6.54 Å². The molecule has 0 bridgehead atoms. The van der Waals surface area contributed by atoms with Crippen molar-refractivity contribution >= 4 is 16.9 Å². The zero-order valence-corrected chi connectivity index (χ0v) is 16.0. The smallest absolute Gasteiger partial charge is 0.290 e. The molecule has 0 N–H and O–H groups in total. The van der Waals surface area contributed by atoms with E-state index < -0.39 is 17.8 Å². The molecule has 1 aliphatic heterocycles. The summed E-state index contributed by atoms with van der Waals surface area (Å²) in [7, 11) is 0. The maximum atomic E-state index is 14.8. The third-order valence-electron chi connectivity index (χ3n) is 5.56. The molecule has 1 aliphatic rings. The first-order valence-corrected chi connectivity index (χ1v) is 9.80. The van der Waals surface area contributed by atoms with Crippen LogP contribution in [0.3, 0.4) is 0 Å². The number of nitrogens with zero attached hydrogens (tertiary/aromatic N) is 1. The van der Waals surface area contributed by atoms with Gasteiger partial charge in [-0.2, -0.15) is 0 Å². The van der Waals surface area contributed by atoms with Crippen LogP contribution in [0.1, 0.15) is 33.3 Å². The number of para-hydroxylation sites is 1. The molecule has 0 aliphatic carbocycles. The summed E-state index contributed by atoms with van der Waals surface area (Å²) in [6.45, 7) is 0.335. The maximum Gasteiger partial charge on any atom is 0.290 e. The summed E-state index contributed by atoms with van der Waals surface area (Å²) in [5.74, 6) is -0.850. The van der Waals surface area contributed by atoms with Crippen LogP contribution in [-0.2, 0) is 6.42 Å². The molecular formula is C25H18FNO3. The zero-order chi connectivity index (χ0) is 20.7. The van der Waals surface area contributed by atoms with E-state index in [9.17, 15) is 14.0 Å². The molecule has 3 aromatic carbocycles. The molecule has 0 radical (unpaired) electrons. The number of benzene rings is 3. The summed E-state index contributed by atoms with van der Waals surface area (Å²) < 4.78 is 20.6. The quantitative estimate of drug-likeness (QED) is 0.499. The second kappa shape index (κ2) is 7.26. The number of amides is 1. The molecular weight excluding hydrogens is 381 g/mol. The second-order valence-corrected chi connectivity index (χ2v) is 7.33. The van der Waals surface area contributed by atoms with Crippen molar-refractivity contribution in [1.29, 1.82) is 0 Å². The Morgan fingerprint density at radius 2 is 1.57 bits per heavy atom. The number of halogens is 1. The summed E-state index contributed by atoms with van der Waals surface area (Å²) in [6, 6.07) is 22.0. The van der Waals surface area contributed by atoms with E-state index in [1.54, 1.807) is 47.4 Å². The number of carbonyl (C=O) groups excluding carboxylic acids is 1. The predicted octanol–water partition coefficient (Wildman–Crippen LogP) is 4.72. The standard InChI is InChI=1S/C25H18FNO3/c26-19-12-6-4-10-17(19)22-21-23(28)18-11-5-7-13-20(18)30-24(21)25(29)27(22)15-14-16-8-2-1-3-9-16/h1-13,22H,14-15H2/t22-/m0/s1. The van der Waals surface area contributed by atoms with Crippen LogP contribution >= 0.6 is 0 Å². The Kier molecular flexibility index (Phi) is 4.43. The van der Waals surface area contributed by atoms with Crippen LogP contribution in [-0.4, -0.2) is 17.4 Å². The van der Waals surface area contributed by atoms with Crippen LogP contribution in [0.25, 0.3) is 11.0 Å². The van der Waals surface area contributed by atoms with Gasteiger partial charge in [0.25, 0.3) is 5.91 Å². The molecule has 2 heterocycles. The van der Waals surface area contributed by atoms with Crippen LogP contribution < -0.4 is 5.43 Å². The summed E-state index contributed by atoms with van der Waals surface area (Å²) in [5.41, 5.74) is 1.61. The van der Waals surface area contributed by atoms with Gasteiger partial charge >= 0.3 is 0 Å². The molecule has 0 unspecified atom stereocenters. The lowest BCUT2D eigenvalue weighted by Gasteiger charge is -2.25.